The molecular formula is C11H12O5. The van der Waals surface area contributed by atoms with Crippen molar-refractivity contribution < 1.29 is 24.5 Å². The molecule has 5 heteroatoms. The van der Waals surface area contributed by atoms with Gasteiger partial charge in [0.2, 0.25) is 6.79 Å². The summed E-state index contributed by atoms with van der Waals surface area (Å²) in [5, 5.41) is 19.1. The van der Waals surface area contributed by atoms with Crippen molar-refractivity contribution in [3.63, 3.8) is 0 Å². The van der Waals surface area contributed by atoms with Gasteiger partial charge >= 0.3 is 0 Å². The highest BCUT2D eigenvalue weighted by Crippen LogP contribution is 2.34. The predicted molar refractivity (Wildman–Crippen MR) is 54.2 cm³/mol. The number of Topliss-reactive ketones (excluding diaryl/α,β-unsaturated/α-hetero) is 1. The third-order valence-corrected chi connectivity index (χ3v) is 2.45. The molecule has 2 N–H and O–H groups in total. The molecule has 16 heavy (non-hydrogen) atoms. The van der Waals surface area contributed by atoms with Crippen LogP contribution in [0.4, 0.5) is 0 Å². The predicted octanol–water partition coefficient (Wildman–Crippen LogP) is 0.399. The number of carbonyl (C=O) groups is 1. The summed E-state index contributed by atoms with van der Waals surface area (Å²) < 4.78 is 10.2. The topological polar surface area (TPSA) is 76.0 Å². The lowest BCUT2D eigenvalue weighted by molar-refractivity contribution is -0.130. The molecule has 0 saturated heterocycles. The number of rotatable bonds is 3. The normalized spacial score (nSPS) is 16.9. The lowest BCUT2D eigenvalue weighted by Crippen LogP contribution is -2.25. The van der Waals surface area contributed by atoms with E-state index in [0.29, 0.717) is 17.1 Å². The van der Waals surface area contributed by atoms with Gasteiger partial charge in [-0.2, -0.15) is 0 Å². The van der Waals surface area contributed by atoms with Crippen molar-refractivity contribution in [2.24, 2.45) is 0 Å². The molecule has 2 atom stereocenters. The summed E-state index contributed by atoms with van der Waals surface area (Å²) in [4.78, 5) is 10.9. The maximum Gasteiger partial charge on any atom is 0.231 e. The van der Waals surface area contributed by atoms with E-state index >= 15 is 0 Å². The molecule has 1 aliphatic heterocycles. The zero-order valence-electron chi connectivity index (χ0n) is 8.71. The van der Waals surface area contributed by atoms with Crippen LogP contribution >= 0.6 is 0 Å². The molecule has 1 heterocycles. The summed E-state index contributed by atoms with van der Waals surface area (Å²) in [7, 11) is 0. The van der Waals surface area contributed by atoms with Gasteiger partial charge in [0.15, 0.2) is 17.3 Å². The second-order valence-electron chi connectivity index (χ2n) is 3.61. The molecule has 0 fully saturated rings. The number of benzene rings is 1. The van der Waals surface area contributed by atoms with Crippen molar-refractivity contribution in [2.45, 2.75) is 19.1 Å². The SMILES string of the molecule is CC(=O)[C@H](O)[C@H](O)c1ccc2c(c1)OCO2. The fourth-order valence-corrected chi connectivity index (χ4v) is 1.50. The third-order valence-electron chi connectivity index (χ3n) is 2.45. The Morgan fingerprint density at radius 1 is 1.31 bits per heavy atom. The van der Waals surface area contributed by atoms with Gasteiger partial charge in [0, 0.05) is 0 Å². The molecule has 1 aliphatic rings. The zero-order chi connectivity index (χ0) is 11.7. The van der Waals surface area contributed by atoms with E-state index in [2.05, 4.69) is 0 Å². The Balaban J connectivity index is 2.24. The highest BCUT2D eigenvalue weighted by atomic mass is 16.7. The van der Waals surface area contributed by atoms with Crippen molar-refractivity contribution in [3.8, 4) is 11.5 Å². The molecule has 0 aliphatic carbocycles. The van der Waals surface area contributed by atoms with Crippen molar-refractivity contribution in [1.29, 1.82) is 0 Å². The number of hydrogen-bond acceptors (Lipinski definition) is 5. The summed E-state index contributed by atoms with van der Waals surface area (Å²) >= 11 is 0. The summed E-state index contributed by atoms with van der Waals surface area (Å²) in [5.74, 6) is 0.616. The largest absolute Gasteiger partial charge is 0.454 e. The summed E-state index contributed by atoms with van der Waals surface area (Å²) in [6.07, 6.45) is -2.66. The van der Waals surface area contributed by atoms with Crippen LogP contribution in [-0.4, -0.2) is 28.9 Å². The van der Waals surface area contributed by atoms with Crippen molar-refractivity contribution in [2.75, 3.05) is 6.79 Å². The first-order chi connectivity index (χ1) is 7.59. The molecule has 1 aromatic carbocycles. The average Bonchev–Trinajstić information content (AvgIpc) is 2.73. The van der Waals surface area contributed by atoms with Crippen molar-refractivity contribution >= 4 is 5.78 Å². The fourth-order valence-electron chi connectivity index (χ4n) is 1.50. The molecule has 0 radical (unpaired) electrons. The highest BCUT2D eigenvalue weighted by Gasteiger charge is 2.24. The minimum atomic E-state index is -1.42. The smallest absolute Gasteiger partial charge is 0.231 e. The van der Waals surface area contributed by atoms with Crippen LogP contribution < -0.4 is 9.47 Å². The van der Waals surface area contributed by atoms with Gasteiger partial charge in [-0.25, -0.2) is 0 Å². The Morgan fingerprint density at radius 2 is 2.00 bits per heavy atom. The zero-order valence-corrected chi connectivity index (χ0v) is 8.71. The van der Waals surface area contributed by atoms with E-state index in [9.17, 15) is 15.0 Å². The van der Waals surface area contributed by atoms with Crippen LogP contribution in [0.1, 0.15) is 18.6 Å². The monoisotopic (exact) mass is 224 g/mol. The number of ketones is 1. The van der Waals surface area contributed by atoms with Crippen LogP contribution in [-0.2, 0) is 4.79 Å². The first-order valence-corrected chi connectivity index (χ1v) is 4.85. The number of carbonyl (C=O) groups excluding carboxylic acids is 1. The molecule has 0 bridgehead atoms. The molecule has 86 valence electrons. The Kier molecular flexibility index (Phi) is 2.80. The lowest BCUT2D eigenvalue weighted by atomic mass is 10.0. The molecule has 0 aromatic heterocycles. The van der Waals surface area contributed by atoms with Crippen molar-refractivity contribution in [3.05, 3.63) is 23.8 Å². The average molecular weight is 224 g/mol. The van der Waals surface area contributed by atoms with Crippen LogP contribution in [0.25, 0.3) is 0 Å². The van der Waals surface area contributed by atoms with Crippen LogP contribution in [0.5, 0.6) is 11.5 Å². The Labute approximate surface area is 92.2 Å². The van der Waals surface area contributed by atoms with Crippen LogP contribution in [0.15, 0.2) is 18.2 Å². The molecule has 0 amide bonds. The minimum absolute atomic E-state index is 0.143. The van der Waals surface area contributed by atoms with Gasteiger partial charge in [0.25, 0.3) is 0 Å². The van der Waals surface area contributed by atoms with Gasteiger partial charge < -0.3 is 19.7 Å². The Bertz CT molecular complexity index is 415. The van der Waals surface area contributed by atoms with E-state index in [-0.39, 0.29) is 6.79 Å². The van der Waals surface area contributed by atoms with E-state index in [4.69, 9.17) is 9.47 Å². The quantitative estimate of drug-likeness (QED) is 0.777. The van der Waals surface area contributed by atoms with E-state index < -0.39 is 18.0 Å². The van der Waals surface area contributed by atoms with Crippen LogP contribution in [0, 0.1) is 0 Å². The number of aliphatic hydroxyl groups is 2. The summed E-state index contributed by atoms with van der Waals surface area (Å²) in [6, 6.07) is 4.78. The Hall–Kier alpha value is -1.59. The van der Waals surface area contributed by atoms with Gasteiger partial charge in [-0.15, -0.1) is 0 Å². The second-order valence-corrected chi connectivity index (χ2v) is 3.61. The maximum absolute atomic E-state index is 10.9. The molecule has 0 spiro atoms. The molecule has 2 rings (SSSR count). The van der Waals surface area contributed by atoms with E-state index in [1.807, 2.05) is 0 Å². The number of aliphatic hydroxyl groups excluding tert-OH is 2. The fraction of sp³-hybridized carbons (Fsp3) is 0.364. The lowest BCUT2D eigenvalue weighted by Gasteiger charge is -2.15. The summed E-state index contributed by atoms with van der Waals surface area (Å²) in [5.41, 5.74) is 0.423. The van der Waals surface area contributed by atoms with Gasteiger partial charge in [-0.1, -0.05) is 6.07 Å². The molecule has 0 saturated carbocycles. The first kappa shape index (κ1) is 10.9. The third kappa shape index (κ3) is 1.87. The van der Waals surface area contributed by atoms with Crippen LogP contribution in [0.2, 0.25) is 0 Å². The first-order valence-electron chi connectivity index (χ1n) is 4.85. The summed E-state index contributed by atoms with van der Waals surface area (Å²) in [6.45, 7) is 1.37. The van der Waals surface area contributed by atoms with E-state index in [0.717, 1.165) is 0 Å². The van der Waals surface area contributed by atoms with Gasteiger partial charge in [-0.3, -0.25) is 4.79 Å². The molecular weight excluding hydrogens is 212 g/mol. The van der Waals surface area contributed by atoms with Crippen LogP contribution in [0.3, 0.4) is 0 Å². The Morgan fingerprint density at radius 3 is 2.69 bits per heavy atom. The molecule has 0 unspecified atom stereocenters. The highest BCUT2D eigenvalue weighted by molar-refractivity contribution is 5.81. The maximum atomic E-state index is 10.9. The van der Waals surface area contributed by atoms with Gasteiger partial charge in [-0.05, 0) is 24.6 Å². The van der Waals surface area contributed by atoms with Crippen molar-refractivity contribution in [1.82, 2.24) is 0 Å². The number of hydrogen-bond donors (Lipinski definition) is 2. The van der Waals surface area contributed by atoms with Gasteiger partial charge in [0.05, 0.1) is 0 Å². The molecule has 1 aromatic rings. The van der Waals surface area contributed by atoms with E-state index in [1.54, 1.807) is 18.2 Å². The van der Waals surface area contributed by atoms with E-state index in [1.165, 1.54) is 6.92 Å². The number of ether oxygens (including phenoxy) is 2. The minimum Gasteiger partial charge on any atom is -0.454 e. The van der Waals surface area contributed by atoms with Gasteiger partial charge in [0.1, 0.15) is 12.2 Å². The second kappa shape index (κ2) is 4.11. The number of fused-ring (bicyclic) bond motifs is 1. The molecule has 5 nitrogen and oxygen atoms in total. The standard InChI is InChI=1S/C11H12O5/c1-6(12)10(13)11(14)7-2-3-8-9(4-7)16-5-15-8/h2-4,10-11,13-14H,5H2,1H3/t10-,11+/m0/s1.